The molecule has 2 atom stereocenters. The van der Waals surface area contributed by atoms with Crippen molar-refractivity contribution in [2.45, 2.75) is 77.7 Å². The Balaban J connectivity index is 2.06. The molecule has 1 rings (SSSR count). The van der Waals surface area contributed by atoms with Gasteiger partial charge in [-0.25, -0.2) is 0 Å². The first kappa shape index (κ1) is 14.0. The molecule has 0 saturated heterocycles. The van der Waals surface area contributed by atoms with Crippen LogP contribution in [0.4, 0.5) is 0 Å². The molecule has 2 unspecified atom stereocenters. The van der Waals surface area contributed by atoms with Gasteiger partial charge in [0.1, 0.15) is 0 Å². The first-order valence-electron chi connectivity index (χ1n) is 7.49. The molecule has 0 aromatic heterocycles. The zero-order valence-electron chi connectivity index (χ0n) is 11.6. The van der Waals surface area contributed by atoms with Crippen LogP contribution in [-0.2, 0) is 0 Å². The van der Waals surface area contributed by atoms with E-state index in [0.717, 1.165) is 17.9 Å². The van der Waals surface area contributed by atoms with Crippen LogP contribution in [0.1, 0.15) is 71.6 Å². The highest BCUT2D eigenvalue weighted by Crippen LogP contribution is 2.35. The Morgan fingerprint density at radius 3 is 2.25 bits per heavy atom. The Morgan fingerprint density at radius 1 is 1.06 bits per heavy atom. The van der Waals surface area contributed by atoms with Crippen molar-refractivity contribution in [2.24, 2.45) is 11.8 Å². The molecule has 1 nitrogen and oxygen atoms in total. The molecule has 0 aromatic rings. The summed E-state index contributed by atoms with van der Waals surface area (Å²) in [6.45, 7) is 4.66. The van der Waals surface area contributed by atoms with Gasteiger partial charge in [-0.2, -0.15) is 0 Å². The van der Waals surface area contributed by atoms with Crippen molar-refractivity contribution < 1.29 is 0 Å². The van der Waals surface area contributed by atoms with E-state index in [1.165, 1.54) is 57.8 Å². The van der Waals surface area contributed by atoms with Crippen LogP contribution in [0.2, 0.25) is 0 Å². The number of hydrogen-bond acceptors (Lipinski definition) is 1. The van der Waals surface area contributed by atoms with E-state index in [-0.39, 0.29) is 0 Å². The van der Waals surface area contributed by atoms with Gasteiger partial charge in [0.05, 0.1) is 0 Å². The van der Waals surface area contributed by atoms with Crippen molar-refractivity contribution in [3.63, 3.8) is 0 Å². The molecule has 1 aliphatic carbocycles. The zero-order valence-corrected chi connectivity index (χ0v) is 11.6. The second-order valence-electron chi connectivity index (χ2n) is 5.58. The summed E-state index contributed by atoms with van der Waals surface area (Å²) in [7, 11) is 2.14. The summed E-state index contributed by atoms with van der Waals surface area (Å²) in [5.41, 5.74) is 0. The van der Waals surface area contributed by atoms with Gasteiger partial charge in [0, 0.05) is 6.04 Å². The van der Waals surface area contributed by atoms with Gasteiger partial charge in [-0.1, -0.05) is 52.4 Å². The SMILES string of the molecule is CCCCC(CC)CCCC(NC)C1CC1. The van der Waals surface area contributed by atoms with E-state index in [4.69, 9.17) is 0 Å². The van der Waals surface area contributed by atoms with Crippen LogP contribution in [0.3, 0.4) is 0 Å². The van der Waals surface area contributed by atoms with Crippen LogP contribution in [0.25, 0.3) is 0 Å². The molecule has 0 bridgehead atoms. The van der Waals surface area contributed by atoms with E-state index in [9.17, 15) is 0 Å². The molecule has 0 amide bonds. The lowest BCUT2D eigenvalue weighted by molar-refractivity contribution is 0.374. The van der Waals surface area contributed by atoms with Crippen molar-refractivity contribution in [3.05, 3.63) is 0 Å². The molecule has 0 radical (unpaired) electrons. The van der Waals surface area contributed by atoms with E-state index in [2.05, 4.69) is 26.2 Å². The van der Waals surface area contributed by atoms with Gasteiger partial charge >= 0.3 is 0 Å². The van der Waals surface area contributed by atoms with E-state index in [1.807, 2.05) is 0 Å². The van der Waals surface area contributed by atoms with Crippen molar-refractivity contribution in [1.82, 2.24) is 5.32 Å². The van der Waals surface area contributed by atoms with Crippen LogP contribution >= 0.6 is 0 Å². The summed E-state index contributed by atoms with van der Waals surface area (Å²) in [6, 6.07) is 0.823. The van der Waals surface area contributed by atoms with E-state index < -0.39 is 0 Å². The van der Waals surface area contributed by atoms with Crippen molar-refractivity contribution >= 4 is 0 Å². The molecule has 1 fully saturated rings. The number of nitrogens with one attached hydrogen (secondary N) is 1. The molecule has 0 aliphatic heterocycles. The average Bonchev–Trinajstić information content (AvgIpc) is 3.12. The van der Waals surface area contributed by atoms with Gasteiger partial charge < -0.3 is 5.32 Å². The maximum atomic E-state index is 3.50. The van der Waals surface area contributed by atoms with Gasteiger partial charge in [-0.3, -0.25) is 0 Å². The van der Waals surface area contributed by atoms with Gasteiger partial charge in [0.25, 0.3) is 0 Å². The summed E-state index contributed by atoms with van der Waals surface area (Å²) in [6.07, 6.45) is 12.9. The molecular formula is C15H31N. The highest BCUT2D eigenvalue weighted by atomic mass is 14.9. The van der Waals surface area contributed by atoms with E-state index >= 15 is 0 Å². The summed E-state index contributed by atoms with van der Waals surface area (Å²) in [5.74, 6) is 2.01. The number of rotatable bonds is 10. The Morgan fingerprint density at radius 2 is 1.75 bits per heavy atom. The molecule has 1 saturated carbocycles. The van der Waals surface area contributed by atoms with Gasteiger partial charge in [-0.15, -0.1) is 0 Å². The molecule has 1 aliphatic rings. The van der Waals surface area contributed by atoms with Gasteiger partial charge in [0.15, 0.2) is 0 Å². The Hall–Kier alpha value is -0.0400. The summed E-state index contributed by atoms with van der Waals surface area (Å²) in [5, 5.41) is 3.50. The topological polar surface area (TPSA) is 12.0 Å². The molecule has 1 N–H and O–H groups in total. The van der Waals surface area contributed by atoms with Gasteiger partial charge in [-0.05, 0) is 38.1 Å². The highest BCUT2D eigenvalue weighted by Gasteiger charge is 2.29. The van der Waals surface area contributed by atoms with Crippen LogP contribution in [0.5, 0.6) is 0 Å². The summed E-state index contributed by atoms with van der Waals surface area (Å²) >= 11 is 0. The minimum absolute atomic E-state index is 0.823. The summed E-state index contributed by atoms with van der Waals surface area (Å²) < 4.78 is 0. The molecular weight excluding hydrogens is 194 g/mol. The second-order valence-corrected chi connectivity index (χ2v) is 5.58. The lowest BCUT2D eigenvalue weighted by atomic mass is 9.92. The molecule has 96 valence electrons. The van der Waals surface area contributed by atoms with Crippen LogP contribution in [0, 0.1) is 11.8 Å². The normalized spacial score (nSPS) is 19.7. The maximum absolute atomic E-state index is 3.50. The van der Waals surface area contributed by atoms with Crippen LogP contribution in [0.15, 0.2) is 0 Å². The average molecular weight is 225 g/mol. The van der Waals surface area contributed by atoms with Crippen LogP contribution in [-0.4, -0.2) is 13.1 Å². The van der Waals surface area contributed by atoms with Crippen molar-refractivity contribution in [2.75, 3.05) is 7.05 Å². The Kier molecular flexibility index (Phi) is 7.11. The molecule has 1 heteroatoms. The second kappa shape index (κ2) is 8.11. The maximum Gasteiger partial charge on any atom is 0.00923 e. The number of hydrogen-bond donors (Lipinski definition) is 1. The molecule has 0 aromatic carbocycles. The first-order chi connectivity index (χ1) is 7.81. The fourth-order valence-corrected chi connectivity index (χ4v) is 2.79. The summed E-state index contributed by atoms with van der Waals surface area (Å²) in [4.78, 5) is 0. The lowest BCUT2D eigenvalue weighted by Gasteiger charge is -2.18. The third-order valence-corrected chi connectivity index (χ3v) is 4.23. The number of unbranched alkanes of at least 4 members (excludes halogenated alkanes) is 1. The first-order valence-corrected chi connectivity index (χ1v) is 7.49. The molecule has 16 heavy (non-hydrogen) atoms. The zero-order chi connectivity index (χ0) is 11.8. The highest BCUT2D eigenvalue weighted by molar-refractivity contribution is 4.85. The lowest BCUT2D eigenvalue weighted by Crippen LogP contribution is -2.27. The predicted octanol–water partition coefficient (Wildman–Crippen LogP) is 4.37. The molecule has 0 spiro atoms. The Bertz CT molecular complexity index is 163. The Labute approximate surface area is 102 Å². The van der Waals surface area contributed by atoms with Crippen molar-refractivity contribution in [1.29, 1.82) is 0 Å². The third kappa shape index (κ3) is 5.34. The monoisotopic (exact) mass is 225 g/mol. The standard InChI is InChI=1S/C15H31N/c1-4-6-8-13(5-2)9-7-10-15(16-3)14-11-12-14/h13-16H,4-12H2,1-3H3. The largest absolute Gasteiger partial charge is 0.317 e. The van der Waals surface area contributed by atoms with Gasteiger partial charge in [0.2, 0.25) is 0 Å². The minimum Gasteiger partial charge on any atom is -0.317 e. The minimum atomic E-state index is 0.823. The third-order valence-electron chi connectivity index (χ3n) is 4.23. The van der Waals surface area contributed by atoms with E-state index in [1.54, 1.807) is 0 Å². The fourth-order valence-electron chi connectivity index (χ4n) is 2.79. The molecule has 0 heterocycles. The predicted molar refractivity (Wildman–Crippen MR) is 72.7 cm³/mol. The fraction of sp³-hybridized carbons (Fsp3) is 1.00. The van der Waals surface area contributed by atoms with Crippen LogP contribution < -0.4 is 5.32 Å². The quantitative estimate of drug-likeness (QED) is 0.582. The van der Waals surface area contributed by atoms with Crippen molar-refractivity contribution in [3.8, 4) is 0 Å². The van der Waals surface area contributed by atoms with E-state index in [0.29, 0.717) is 0 Å². The smallest absolute Gasteiger partial charge is 0.00923 e.